The van der Waals surface area contributed by atoms with Crippen LogP contribution in [-0.2, 0) is 25.8 Å². The number of carbonyl (C=O) groups is 1. The predicted octanol–water partition coefficient (Wildman–Crippen LogP) is 5.40. The number of aryl methyl sites for hydroxylation is 3. The number of hydrogen-bond donors (Lipinski definition) is 3. The monoisotopic (exact) mass is 590 g/mol. The predicted molar refractivity (Wildman–Crippen MR) is 179 cm³/mol. The van der Waals surface area contributed by atoms with E-state index < -0.39 is 0 Å². The Balaban J connectivity index is 1.39. The average molecular weight is 591 g/mol. The Morgan fingerprint density at radius 2 is 1.70 bits per heavy atom. The Hall–Kier alpha value is -4.40. The van der Waals surface area contributed by atoms with Gasteiger partial charge >= 0.3 is 0 Å². The second kappa shape index (κ2) is 14.2. The smallest absolute Gasteiger partial charge is 0.253 e. The molecular weight excluding hydrogens is 552 g/mol. The summed E-state index contributed by atoms with van der Waals surface area (Å²) in [5, 5.41) is 7.65. The third-order valence-electron chi connectivity index (χ3n) is 7.82. The molecule has 0 spiro atoms. The number of nitrogen functional groups attached to an aromatic ring is 1. The summed E-state index contributed by atoms with van der Waals surface area (Å²) in [6.45, 7) is 2.19. The van der Waals surface area contributed by atoms with Gasteiger partial charge in [0, 0.05) is 48.5 Å². The fraction of sp³-hybridized carbons (Fsp3) is 0.257. The van der Waals surface area contributed by atoms with E-state index >= 15 is 0 Å². The van der Waals surface area contributed by atoms with Gasteiger partial charge in [-0.3, -0.25) is 10.2 Å². The van der Waals surface area contributed by atoms with Gasteiger partial charge in [-0.15, -0.1) is 0 Å². The van der Waals surface area contributed by atoms with E-state index in [-0.39, 0.29) is 11.7 Å². The Kier molecular flexibility index (Phi) is 9.92. The summed E-state index contributed by atoms with van der Waals surface area (Å²) in [5.41, 5.74) is 18.1. The van der Waals surface area contributed by atoms with Crippen LogP contribution in [0.4, 0.5) is 0 Å². The summed E-state index contributed by atoms with van der Waals surface area (Å²) in [6.07, 6.45) is 10.3. The SMILES string of the molecule is N=C(N)c1ccc(CCc2nc3cc(C(=O)N(CCN)CCCc4ccccc4)ccc3n2CC2=CC=CCC2=S)cc1. The lowest BCUT2D eigenvalue weighted by Gasteiger charge is -2.22. The lowest BCUT2D eigenvalue weighted by Crippen LogP contribution is -2.36. The van der Waals surface area contributed by atoms with Crippen LogP contribution in [0.15, 0.2) is 96.6 Å². The number of rotatable bonds is 13. The molecule has 0 radical (unpaired) electrons. The van der Waals surface area contributed by atoms with E-state index in [0.29, 0.717) is 43.7 Å². The number of aromatic nitrogens is 2. The Labute approximate surface area is 258 Å². The summed E-state index contributed by atoms with van der Waals surface area (Å²) in [6, 6.07) is 23.9. The number of thiocarbonyl (C=S) groups is 1. The molecule has 220 valence electrons. The zero-order chi connectivity index (χ0) is 30.2. The van der Waals surface area contributed by atoms with Crippen molar-refractivity contribution in [3.63, 3.8) is 0 Å². The molecule has 0 aliphatic heterocycles. The largest absolute Gasteiger partial charge is 0.384 e. The van der Waals surface area contributed by atoms with Crippen LogP contribution in [0.3, 0.4) is 0 Å². The fourth-order valence-corrected chi connectivity index (χ4v) is 5.68. The highest BCUT2D eigenvalue weighted by atomic mass is 32.1. The van der Waals surface area contributed by atoms with Gasteiger partial charge in [-0.1, -0.05) is 85.0 Å². The molecule has 5 N–H and O–H groups in total. The van der Waals surface area contributed by atoms with E-state index in [1.165, 1.54) is 5.56 Å². The summed E-state index contributed by atoms with van der Waals surface area (Å²) in [5.74, 6) is 0.976. The second-order valence-electron chi connectivity index (χ2n) is 10.8. The molecule has 3 aromatic carbocycles. The van der Waals surface area contributed by atoms with Crippen LogP contribution in [0.5, 0.6) is 0 Å². The maximum atomic E-state index is 13.6. The number of imidazole rings is 1. The molecule has 0 atom stereocenters. The van der Waals surface area contributed by atoms with Crippen molar-refractivity contribution >= 4 is 39.9 Å². The van der Waals surface area contributed by atoms with E-state index in [1.807, 2.05) is 65.6 Å². The van der Waals surface area contributed by atoms with Gasteiger partial charge in [0.25, 0.3) is 5.91 Å². The van der Waals surface area contributed by atoms with Crippen molar-refractivity contribution in [2.24, 2.45) is 11.5 Å². The van der Waals surface area contributed by atoms with Gasteiger partial charge in [-0.2, -0.15) is 0 Å². The van der Waals surface area contributed by atoms with Crippen LogP contribution in [0, 0.1) is 5.41 Å². The van der Waals surface area contributed by atoms with Crippen molar-refractivity contribution in [3.8, 4) is 0 Å². The Morgan fingerprint density at radius 1 is 0.953 bits per heavy atom. The summed E-state index contributed by atoms with van der Waals surface area (Å²) in [7, 11) is 0. The quantitative estimate of drug-likeness (QED) is 0.110. The van der Waals surface area contributed by atoms with Gasteiger partial charge < -0.3 is 20.9 Å². The molecule has 0 saturated heterocycles. The van der Waals surface area contributed by atoms with Crippen molar-refractivity contribution in [2.45, 2.75) is 38.6 Å². The standard InChI is InChI=1S/C35H38N6OS/c36-20-22-40(21-6-9-25-7-2-1-3-8-25)35(42)28-17-18-31-30(23-28)39-33(41(31)24-29-10-4-5-11-32(29)43)19-14-26-12-15-27(16-13-26)34(37)38/h1-5,7-8,10,12-13,15-18,23H,6,9,11,14,19-22,24,36H2,(H3,37,38). The Bertz CT molecular complexity index is 1670. The van der Waals surface area contributed by atoms with E-state index in [4.69, 9.17) is 34.1 Å². The zero-order valence-electron chi connectivity index (χ0n) is 24.3. The fourth-order valence-electron chi connectivity index (χ4n) is 5.45. The molecular formula is C35H38N6OS. The molecule has 1 aliphatic carbocycles. The normalized spacial score (nSPS) is 12.9. The van der Waals surface area contributed by atoms with Gasteiger partial charge in [-0.25, -0.2) is 4.98 Å². The van der Waals surface area contributed by atoms with Crippen LogP contribution in [0.2, 0.25) is 0 Å². The maximum absolute atomic E-state index is 13.6. The van der Waals surface area contributed by atoms with Crippen molar-refractivity contribution in [3.05, 3.63) is 125 Å². The highest BCUT2D eigenvalue weighted by Crippen LogP contribution is 2.24. The maximum Gasteiger partial charge on any atom is 0.253 e. The van der Waals surface area contributed by atoms with Crippen LogP contribution in [-0.4, -0.2) is 50.7 Å². The number of hydrogen-bond acceptors (Lipinski definition) is 5. The molecule has 4 aromatic rings. The lowest BCUT2D eigenvalue weighted by molar-refractivity contribution is 0.0758. The molecule has 0 saturated carbocycles. The van der Waals surface area contributed by atoms with Crippen molar-refractivity contribution in [2.75, 3.05) is 19.6 Å². The molecule has 1 aliphatic rings. The minimum absolute atomic E-state index is 0.0247. The number of amidine groups is 1. The first-order valence-corrected chi connectivity index (χ1v) is 15.2. The number of fused-ring (bicyclic) bond motifs is 1. The van der Waals surface area contributed by atoms with E-state index in [2.05, 4.69) is 34.9 Å². The molecule has 0 unspecified atom stereocenters. The van der Waals surface area contributed by atoms with Crippen molar-refractivity contribution in [1.82, 2.24) is 14.5 Å². The van der Waals surface area contributed by atoms with E-state index in [0.717, 1.165) is 58.5 Å². The molecule has 7 nitrogen and oxygen atoms in total. The second-order valence-corrected chi connectivity index (χ2v) is 11.3. The molecule has 1 aromatic heterocycles. The minimum atomic E-state index is -0.0247. The summed E-state index contributed by atoms with van der Waals surface area (Å²) in [4.78, 5) is 21.5. The topological polar surface area (TPSA) is 114 Å². The van der Waals surface area contributed by atoms with Gasteiger partial charge in [0.15, 0.2) is 0 Å². The first kappa shape index (κ1) is 30.1. The van der Waals surface area contributed by atoms with Gasteiger partial charge in [0.05, 0.1) is 17.6 Å². The van der Waals surface area contributed by atoms with Gasteiger partial charge in [0.1, 0.15) is 11.7 Å². The third kappa shape index (κ3) is 7.52. The number of nitrogens with zero attached hydrogens (tertiary/aromatic N) is 3. The first-order valence-electron chi connectivity index (χ1n) is 14.8. The number of nitrogens with one attached hydrogen (secondary N) is 1. The van der Waals surface area contributed by atoms with Crippen LogP contribution in [0.1, 0.15) is 45.7 Å². The zero-order valence-corrected chi connectivity index (χ0v) is 25.2. The molecule has 43 heavy (non-hydrogen) atoms. The lowest BCUT2D eigenvalue weighted by atomic mass is 10.0. The number of carbonyl (C=O) groups excluding carboxylic acids is 1. The molecule has 1 heterocycles. The highest BCUT2D eigenvalue weighted by molar-refractivity contribution is 7.80. The molecule has 0 bridgehead atoms. The molecule has 5 rings (SSSR count). The number of allylic oxidation sites excluding steroid dienone is 4. The summed E-state index contributed by atoms with van der Waals surface area (Å²) >= 11 is 5.67. The first-order chi connectivity index (χ1) is 20.9. The van der Waals surface area contributed by atoms with E-state index in [1.54, 1.807) is 0 Å². The Morgan fingerprint density at radius 3 is 2.42 bits per heavy atom. The minimum Gasteiger partial charge on any atom is -0.384 e. The molecule has 1 amide bonds. The van der Waals surface area contributed by atoms with Crippen LogP contribution in [0.25, 0.3) is 11.0 Å². The number of nitrogens with two attached hydrogens (primary N) is 2. The third-order valence-corrected chi connectivity index (χ3v) is 8.25. The van der Waals surface area contributed by atoms with Crippen LogP contribution < -0.4 is 11.5 Å². The molecule has 8 heteroatoms. The summed E-state index contributed by atoms with van der Waals surface area (Å²) < 4.78 is 2.22. The molecule has 0 fully saturated rings. The number of amides is 1. The van der Waals surface area contributed by atoms with Crippen molar-refractivity contribution in [1.29, 1.82) is 5.41 Å². The van der Waals surface area contributed by atoms with Crippen molar-refractivity contribution < 1.29 is 4.79 Å². The number of benzene rings is 3. The van der Waals surface area contributed by atoms with Crippen LogP contribution >= 0.6 is 12.2 Å². The highest BCUT2D eigenvalue weighted by Gasteiger charge is 2.19. The van der Waals surface area contributed by atoms with Gasteiger partial charge in [-0.05, 0) is 54.2 Å². The van der Waals surface area contributed by atoms with Gasteiger partial charge in [0.2, 0.25) is 0 Å². The van der Waals surface area contributed by atoms with E-state index in [9.17, 15) is 4.79 Å². The average Bonchev–Trinajstić information content (AvgIpc) is 3.37.